The van der Waals surface area contributed by atoms with Crippen LogP contribution in [0.25, 0.3) is 5.69 Å². The number of hydrogen-bond acceptors (Lipinski definition) is 9. The highest BCUT2D eigenvalue weighted by molar-refractivity contribution is 7.98. The van der Waals surface area contributed by atoms with E-state index < -0.39 is 0 Å². The highest BCUT2D eigenvalue weighted by Gasteiger charge is 2.19. The molecule has 9 nitrogen and oxygen atoms in total. The van der Waals surface area contributed by atoms with Gasteiger partial charge in [-0.15, -0.1) is 10.2 Å². The van der Waals surface area contributed by atoms with Crippen LogP contribution in [0.5, 0.6) is 0 Å². The van der Waals surface area contributed by atoms with Crippen molar-refractivity contribution in [2.24, 2.45) is 0 Å². The molecule has 2 aromatic heterocycles. The summed E-state index contributed by atoms with van der Waals surface area (Å²) >= 11 is 1.41. The van der Waals surface area contributed by atoms with E-state index in [9.17, 15) is 4.39 Å². The number of piperidine rings is 1. The smallest absolute Gasteiger partial charge is 0.225 e. The van der Waals surface area contributed by atoms with Crippen molar-refractivity contribution in [1.29, 1.82) is 0 Å². The van der Waals surface area contributed by atoms with Crippen LogP contribution in [-0.2, 0) is 12.3 Å². The molecule has 0 amide bonds. The molecule has 0 bridgehead atoms. The van der Waals surface area contributed by atoms with Gasteiger partial charge in [0.2, 0.25) is 11.9 Å². The summed E-state index contributed by atoms with van der Waals surface area (Å²) in [6.45, 7) is 2.78. The van der Waals surface area contributed by atoms with Gasteiger partial charge in [0.25, 0.3) is 0 Å². The van der Waals surface area contributed by atoms with Crippen molar-refractivity contribution >= 4 is 23.7 Å². The van der Waals surface area contributed by atoms with E-state index in [1.807, 2.05) is 4.57 Å². The number of rotatable bonds is 6. The van der Waals surface area contributed by atoms with Crippen LogP contribution in [-0.4, -0.2) is 47.7 Å². The van der Waals surface area contributed by atoms with Gasteiger partial charge in [-0.3, -0.25) is 9.47 Å². The lowest BCUT2D eigenvalue weighted by Crippen LogP contribution is -2.30. The molecule has 0 spiro atoms. The Morgan fingerprint density at radius 3 is 2.31 bits per heavy atom. The number of nitrogens with zero attached hydrogens (tertiary/aromatic N) is 7. The molecule has 1 aliphatic rings. The second-order valence-electron chi connectivity index (χ2n) is 6.80. The van der Waals surface area contributed by atoms with Crippen molar-refractivity contribution < 1.29 is 4.39 Å². The number of anilines is 2. The Bertz CT molecular complexity index is 950. The van der Waals surface area contributed by atoms with E-state index in [1.54, 1.807) is 12.1 Å². The Kier molecular flexibility index (Phi) is 5.86. The maximum atomic E-state index is 13.4. The van der Waals surface area contributed by atoms with Gasteiger partial charge >= 0.3 is 0 Å². The van der Waals surface area contributed by atoms with Crippen molar-refractivity contribution in [2.45, 2.75) is 36.7 Å². The number of halogens is 1. The normalized spacial score (nSPS) is 14.9. The number of nitrogen functional groups attached to an aromatic ring is 2. The molecule has 152 valence electrons. The van der Waals surface area contributed by atoms with Crippen molar-refractivity contribution in [1.82, 2.24) is 34.6 Å². The SMILES string of the molecule is Nc1nc(N)nc(CSc2nnc(CN3CCCCC3)n2-c2ccc(F)cc2)n1. The van der Waals surface area contributed by atoms with Crippen LogP contribution < -0.4 is 11.5 Å². The minimum atomic E-state index is -0.287. The van der Waals surface area contributed by atoms with Gasteiger partial charge in [0.05, 0.1) is 12.3 Å². The van der Waals surface area contributed by atoms with Crippen molar-refractivity contribution in [3.8, 4) is 5.69 Å². The van der Waals surface area contributed by atoms with Gasteiger partial charge in [-0.1, -0.05) is 18.2 Å². The van der Waals surface area contributed by atoms with E-state index >= 15 is 0 Å². The van der Waals surface area contributed by atoms with Crippen molar-refractivity contribution in [3.63, 3.8) is 0 Å². The second kappa shape index (κ2) is 8.70. The number of benzene rings is 1. The molecule has 0 atom stereocenters. The number of thioether (sulfide) groups is 1. The van der Waals surface area contributed by atoms with Crippen molar-refractivity contribution in [3.05, 3.63) is 41.7 Å². The lowest BCUT2D eigenvalue weighted by atomic mass is 10.1. The van der Waals surface area contributed by atoms with E-state index in [0.717, 1.165) is 24.6 Å². The fourth-order valence-electron chi connectivity index (χ4n) is 3.31. The summed E-state index contributed by atoms with van der Waals surface area (Å²) in [6, 6.07) is 6.31. The molecule has 0 saturated carbocycles. The Morgan fingerprint density at radius 1 is 0.931 bits per heavy atom. The average molecular weight is 416 g/mol. The first-order chi connectivity index (χ1) is 14.1. The summed E-state index contributed by atoms with van der Waals surface area (Å²) < 4.78 is 15.4. The van der Waals surface area contributed by atoms with Gasteiger partial charge < -0.3 is 11.5 Å². The number of nitrogens with two attached hydrogens (primary N) is 2. The maximum absolute atomic E-state index is 13.4. The minimum absolute atomic E-state index is 0.0823. The third-order valence-corrected chi connectivity index (χ3v) is 5.57. The molecule has 3 heterocycles. The molecule has 4 rings (SSSR count). The predicted molar refractivity (Wildman–Crippen MR) is 109 cm³/mol. The molecule has 29 heavy (non-hydrogen) atoms. The van der Waals surface area contributed by atoms with E-state index in [0.29, 0.717) is 23.3 Å². The summed E-state index contributed by atoms with van der Waals surface area (Å²) in [7, 11) is 0. The van der Waals surface area contributed by atoms with Gasteiger partial charge in [-0.2, -0.15) is 15.0 Å². The Hall–Kier alpha value is -2.79. The maximum Gasteiger partial charge on any atom is 0.225 e. The monoisotopic (exact) mass is 415 g/mol. The molecule has 1 aromatic carbocycles. The quantitative estimate of drug-likeness (QED) is 0.582. The summed E-state index contributed by atoms with van der Waals surface area (Å²) in [4.78, 5) is 14.4. The van der Waals surface area contributed by atoms with E-state index in [4.69, 9.17) is 11.5 Å². The fourth-order valence-corrected chi connectivity index (χ4v) is 4.14. The third kappa shape index (κ3) is 4.80. The Morgan fingerprint density at radius 2 is 1.62 bits per heavy atom. The highest BCUT2D eigenvalue weighted by atomic mass is 32.2. The lowest BCUT2D eigenvalue weighted by molar-refractivity contribution is 0.214. The van der Waals surface area contributed by atoms with Gasteiger partial charge in [0, 0.05) is 5.69 Å². The summed E-state index contributed by atoms with van der Waals surface area (Å²) in [6.07, 6.45) is 3.64. The Balaban J connectivity index is 1.60. The molecule has 1 fully saturated rings. The molecular weight excluding hydrogens is 393 g/mol. The molecule has 4 N–H and O–H groups in total. The molecule has 3 aromatic rings. The van der Waals surface area contributed by atoms with Gasteiger partial charge in [-0.25, -0.2) is 4.39 Å². The zero-order valence-corrected chi connectivity index (χ0v) is 16.6. The van der Waals surface area contributed by atoms with E-state index in [1.165, 1.54) is 43.2 Å². The number of aromatic nitrogens is 6. The van der Waals surface area contributed by atoms with Crippen LogP contribution in [0.15, 0.2) is 29.4 Å². The zero-order chi connectivity index (χ0) is 20.2. The van der Waals surface area contributed by atoms with Gasteiger partial charge in [-0.05, 0) is 50.2 Å². The molecule has 11 heteroatoms. The fraction of sp³-hybridized carbons (Fsp3) is 0.389. The lowest BCUT2D eigenvalue weighted by Gasteiger charge is -2.26. The van der Waals surface area contributed by atoms with Crippen LogP contribution in [0.2, 0.25) is 0 Å². The minimum Gasteiger partial charge on any atom is -0.368 e. The van der Waals surface area contributed by atoms with Crippen molar-refractivity contribution in [2.75, 3.05) is 24.6 Å². The first-order valence-electron chi connectivity index (χ1n) is 9.40. The Labute approximate surface area is 171 Å². The average Bonchev–Trinajstić information content (AvgIpc) is 3.09. The molecule has 0 unspecified atom stereocenters. The van der Waals surface area contributed by atoms with Gasteiger partial charge in [0.1, 0.15) is 11.6 Å². The number of likely N-dealkylation sites (tertiary alicyclic amines) is 1. The third-order valence-electron chi connectivity index (χ3n) is 4.65. The second-order valence-corrected chi connectivity index (χ2v) is 7.75. The predicted octanol–water partition coefficient (Wildman–Crippen LogP) is 2.03. The topological polar surface area (TPSA) is 125 Å². The largest absolute Gasteiger partial charge is 0.368 e. The first-order valence-corrected chi connectivity index (χ1v) is 10.4. The summed E-state index contributed by atoms with van der Waals surface area (Å²) in [5, 5.41) is 9.44. The summed E-state index contributed by atoms with van der Waals surface area (Å²) in [5.41, 5.74) is 12.1. The highest BCUT2D eigenvalue weighted by Crippen LogP contribution is 2.26. The van der Waals surface area contributed by atoms with E-state index in [-0.39, 0.29) is 17.7 Å². The molecule has 0 aliphatic carbocycles. The zero-order valence-electron chi connectivity index (χ0n) is 15.8. The first kappa shape index (κ1) is 19.5. The standard InChI is InChI=1S/C18H22FN9S/c19-12-4-6-13(7-5-12)28-15(10-27-8-2-1-3-9-27)25-26-18(28)29-11-14-22-16(20)24-17(21)23-14/h4-7H,1-3,8-11H2,(H4,20,21,22,23,24). The van der Waals surface area contributed by atoms with Crippen LogP contribution in [0.1, 0.15) is 30.9 Å². The van der Waals surface area contributed by atoms with Crippen LogP contribution in [0.3, 0.4) is 0 Å². The van der Waals surface area contributed by atoms with Gasteiger partial charge in [0.15, 0.2) is 11.0 Å². The molecule has 1 saturated heterocycles. The number of hydrogen-bond donors (Lipinski definition) is 2. The molecular formula is C18H22FN9S. The van der Waals surface area contributed by atoms with Crippen LogP contribution in [0, 0.1) is 5.82 Å². The van der Waals surface area contributed by atoms with Crippen LogP contribution in [0.4, 0.5) is 16.3 Å². The summed E-state index contributed by atoms with van der Waals surface area (Å²) in [5.74, 6) is 1.56. The van der Waals surface area contributed by atoms with E-state index in [2.05, 4.69) is 30.0 Å². The molecule has 1 aliphatic heterocycles. The molecule has 0 radical (unpaired) electrons. The van der Waals surface area contributed by atoms with Crippen LogP contribution >= 0.6 is 11.8 Å².